The lowest BCUT2D eigenvalue weighted by atomic mass is 9.86. The molecule has 8 heteroatoms. The highest BCUT2D eigenvalue weighted by Gasteiger charge is 2.26. The maximum Gasteiger partial charge on any atom is 0.306 e. The number of amides is 1. The molecule has 1 saturated carbocycles. The third-order valence-electron chi connectivity index (χ3n) is 5.74. The van der Waals surface area contributed by atoms with Gasteiger partial charge >= 0.3 is 5.97 Å². The summed E-state index contributed by atoms with van der Waals surface area (Å²) >= 11 is 0. The summed E-state index contributed by atoms with van der Waals surface area (Å²) in [5, 5.41) is 23.7. The van der Waals surface area contributed by atoms with Crippen molar-refractivity contribution in [3.8, 4) is 0 Å². The summed E-state index contributed by atoms with van der Waals surface area (Å²) in [6, 6.07) is 9.48. The lowest BCUT2D eigenvalue weighted by Gasteiger charge is -2.28. The number of rotatable bonds is 7. The van der Waals surface area contributed by atoms with Gasteiger partial charge in [0.2, 0.25) is 0 Å². The van der Waals surface area contributed by atoms with Crippen LogP contribution in [0.3, 0.4) is 0 Å². The second-order valence-corrected chi connectivity index (χ2v) is 8.62. The number of carboxylic acids is 1. The number of hydrogen-bond donors (Lipinski definition) is 3. The molecule has 8 nitrogen and oxygen atoms in total. The van der Waals surface area contributed by atoms with Gasteiger partial charge in [-0.15, -0.1) is 10.2 Å². The van der Waals surface area contributed by atoms with E-state index in [0.717, 1.165) is 24.1 Å². The van der Waals surface area contributed by atoms with E-state index in [2.05, 4.69) is 34.7 Å². The van der Waals surface area contributed by atoms with Gasteiger partial charge in [-0.3, -0.25) is 9.59 Å². The Morgan fingerprint density at radius 2 is 1.77 bits per heavy atom. The fourth-order valence-corrected chi connectivity index (χ4v) is 3.76. The Bertz CT molecular complexity index is 919. The molecule has 1 aliphatic carbocycles. The minimum atomic E-state index is -0.721. The Hall–Kier alpha value is -3.16. The minimum Gasteiger partial charge on any atom is -0.481 e. The number of carbonyl (C=O) groups is 2. The van der Waals surface area contributed by atoms with Crippen molar-refractivity contribution in [3.63, 3.8) is 0 Å². The monoisotopic (exact) mass is 425 g/mol. The summed E-state index contributed by atoms with van der Waals surface area (Å²) in [7, 11) is 3.75. The lowest BCUT2D eigenvalue weighted by Crippen LogP contribution is -2.30. The number of nitrogens with one attached hydrogen (secondary N) is 2. The molecule has 0 bridgehead atoms. The van der Waals surface area contributed by atoms with Gasteiger partial charge in [-0.25, -0.2) is 0 Å². The molecule has 0 atom stereocenters. The number of aliphatic carboxylic acids is 1. The maximum absolute atomic E-state index is 13.0. The molecule has 0 spiro atoms. The molecule has 0 aliphatic heterocycles. The standard InChI is InChI=1S/C23H31N5O3/c1-14(2)16-7-10-18(22(29)25-20-11-12-21(27-26-20)28(3)4)19(13-16)24-17-8-5-15(6-9-17)23(30)31/h7,10-15,17,24H,5-6,8-9H2,1-4H3,(H,30,31)(H,25,26,29). The van der Waals surface area contributed by atoms with Gasteiger partial charge in [0.05, 0.1) is 11.5 Å². The zero-order valence-corrected chi connectivity index (χ0v) is 18.6. The van der Waals surface area contributed by atoms with Crippen molar-refractivity contribution < 1.29 is 14.7 Å². The summed E-state index contributed by atoms with van der Waals surface area (Å²) in [6.07, 6.45) is 2.82. The number of carbonyl (C=O) groups excluding carboxylic acids is 1. The molecule has 1 heterocycles. The summed E-state index contributed by atoms with van der Waals surface area (Å²) in [5.74, 6) is 0.164. The number of nitrogens with zero attached hydrogens (tertiary/aromatic N) is 3. The number of carboxylic acid groups (broad SMARTS) is 1. The highest BCUT2D eigenvalue weighted by atomic mass is 16.4. The Labute approximate surface area is 183 Å². The van der Waals surface area contributed by atoms with Gasteiger partial charge in [0.15, 0.2) is 11.6 Å². The van der Waals surface area contributed by atoms with E-state index in [1.807, 2.05) is 37.2 Å². The van der Waals surface area contributed by atoms with Crippen LogP contribution in [0.1, 0.15) is 61.4 Å². The molecule has 1 aromatic carbocycles. The Balaban J connectivity index is 1.77. The minimum absolute atomic E-state index is 0.142. The van der Waals surface area contributed by atoms with Gasteiger partial charge in [-0.1, -0.05) is 19.9 Å². The second-order valence-electron chi connectivity index (χ2n) is 8.62. The Kier molecular flexibility index (Phi) is 7.09. The number of benzene rings is 1. The van der Waals surface area contributed by atoms with Crippen LogP contribution in [0.2, 0.25) is 0 Å². The first kappa shape index (κ1) is 22.5. The van der Waals surface area contributed by atoms with E-state index in [0.29, 0.717) is 36.0 Å². The third kappa shape index (κ3) is 5.71. The normalized spacial score (nSPS) is 18.5. The molecule has 1 fully saturated rings. The average Bonchev–Trinajstić information content (AvgIpc) is 2.74. The molecular formula is C23H31N5O3. The lowest BCUT2D eigenvalue weighted by molar-refractivity contribution is -0.142. The summed E-state index contributed by atoms with van der Waals surface area (Å²) in [6.45, 7) is 4.22. The predicted molar refractivity (Wildman–Crippen MR) is 122 cm³/mol. The summed E-state index contributed by atoms with van der Waals surface area (Å²) in [5.41, 5.74) is 2.43. The molecule has 0 radical (unpaired) electrons. The third-order valence-corrected chi connectivity index (χ3v) is 5.74. The molecule has 31 heavy (non-hydrogen) atoms. The molecule has 1 amide bonds. The van der Waals surface area contributed by atoms with Crippen molar-refractivity contribution in [1.29, 1.82) is 0 Å². The van der Waals surface area contributed by atoms with E-state index in [4.69, 9.17) is 0 Å². The fourth-order valence-electron chi connectivity index (χ4n) is 3.76. The van der Waals surface area contributed by atoms with Gasteiger partial charge in [0.1, 0.15) is 0 Å². The van der Waals surface area contributed by atoms with Crippen molar-refractivity contribution >= 4 is 29.2 Å². The first-order valence-corrected chi connectivity index (χ1v) is 10.7. The zero-order chi connectivity index (χ0) is 22.5. The van der Waals surface area contributed by atoms with Gasteiger partial charge in [0, 0.05) is 25.8 Å². The predicted octanol–water partition coefficient (Wildman–Crippen LogP) is 3.97. The highest BCUT2D eigenvalue weighted by Crippen LogP contribution is 2.30. The van der Waals surface area contributed by atoms with Gasteiger partial charge in [-0.05, 0) is 61.4 Å². The van der Waals surface area contributed by atoms with Gasteiger partial charge in [-0.2, -0.15) is 0 Å². The zero-order valence-electron chi connectivity index (χ0n) is 18.6. The molecule has 2 aromatic rings. The Morgan fingerprint density at radius 3 is 2.32 bits per heavy atom. The first-order valence-electron chi connectivity index (χ1n) is 10.7. The topological polar surface area (TPSA) is 107 Å². The van der Waals surface area contributed by atoms with Gasteiger partial charge < -0.3 is 20.6 Å². The van der Waals surface area contributed by atoms with E-state index in [1.165, 1.54) is 0 Å². The van der Waals surface area contributed by atoms with Crippen LogP contribution in [0.5, 0.6) is 0 Å². The van der Waals surface area contributed by atoms with E-state index in [-0.39, 0.29) is 17.9 Å². The largest absolute Gasteiger partial charge is 0.481 e. The molecule has 1 aromatic heterocycles. The first-order chi connectivity index (χ1) is 14.7. The van der Waals surface area contributed by atoms with Crippen LogP contribution < -0.4 is 15.5 Å². The average molecular weight is 426 g/mol. The SMILES string of the molecule is CC(C)c1ccc(C(=O)Nc2ccc(N(C)C)nn2)c(NC2CCC(C(=O)O)CC2)c1. The van der Waals surface area contributed by atoms with Crippen LogP contribution in [0, 0.1) is 5.92 Å². The van der Waals surface area contributed by atoms with Gasteiger partial charge in [0.25, 0.3) is 5.91 Å². The van der Waals surface area contributed by atoms with Crippen LogP contribution in [-0.4, -0.2) is 47.3 Å². The highest BCUT2D eigenvalue weighted by molar-refractivity contribution is 6.07. The number of anilines is 3. The van der Waals surface area contributed by atoms with E-state index >= 15 is 0 Å². The maximum atomic E-state index is 13.0. The molecule has 166 valence electrons. The van der Waals surface area contributed by atoms with E-state index < -0.39 is 5.97 Å². The van der Waals surface area contributed by atoms with Crippen LogP contribution in [-0.2, 0) is 4.79 Å². The smallest absolute Gasteiger partial charge is 0.306 e. The second kappa shape index (κ2) is 9.76. The summed E-state index contributed by atoms with van der Waals surface area (Å²) in [4.78, 5) is 26.1. The van der Waals surface area contributed by atoms with E-state index in [9.17, 15) is 14.7 Å². The Morgan fingerprint density at radius 1 is 1.06 bits per heavy atom. The fraction of sp³-hybridized carbons (Fsp3) is 0.478. The molecule has 1 aliphatic rings. The molecule has 3 N–H and O–H groups in total. The molecular weight excluding hydrogens is 394 g/mol. The van der Waals surface area contributed by atoms with E-state index in [1.54, 1.807) is 12.1 Å². The quantitative estimate of drug-likeness (QED) is 0.616. The van der Waals surface area contributed by atoms with Crippen molar-refractivity contribution in [2.75, 3.05) is 29.6 Å². The summed E-state index contributed by atoms with van der Waals surface area (Å²) < 4.78 is 0. The van der Waals surface area contributed by atoms with Crippen LogP contribution in [0.15, 0.2) is 30.3 Å². The number of hydrogen-bond acceptors (Lipinski definition) is 6. The van der Waals surface area contributed by atoms with Crippen molar-refractivity contribution in [2.24, 2.45) is 5.92 Å². The van der Waals surface area contributed by atoms with Crippen LogP contribution in [0.4, 0.5) is 17.3 Å². The van der Waals surface area contributed by atoms with Crippen molar-refractivity contribution in [1.82, 2.24) is 10.2 Å². The number of aromatic nitrogens is 2. The van der Waals surface area contributed by atoms with Crippen LogP contribution in [0.25, 0.3) is 0 Å². The molecule has 0 unspecified atom stereocenters. The molecule has 3 rings (SSSR count). The molecule has 0 saturated heterocycles. The van der Waals surface area contributed by atoms with Crippen molar-refractivity contribution in [2.45, 2.75) is 51.5 Å². The van der Waals surface area contributed by atoms with Crippen LogP contribution >= 0.6 is 0 Å². The van der Waals surface area contributed by atoms with Crippen molar-refractivity contribution in [3.05, 3.63) is 41.5 Å².